The van der Waals surface area contributed by atoms with Crippen molar-refractivity contribution < 1.29 is 0 Å². The van der Waals surface area contributed by atoms with Crippen molar-refractivity contribution in [3.63, 3.8) is 0 Å². The molecule has 0 aromatic rings. The number of alkyl halides is 1. The van der Waals surface area contributed by atoms with E-state index >= 15 is 0 Å². The Morgan fingerprint density at radius 1 is 1.60 bits per heavy atom. The summed E-state index contributed by atoms with van der Waals surface area (Å²) in [5, 5.41) is 0. The molecule has 2 heteroatoms. The smallest absolute Gasteiger partial charge is 0.0277 e. The molecule has 0 N–H and O–H groups in total. The van der Waals surface area contributed by atoms with Crippen molar-refractivity contribution in [2.75, 3.05) is 17.4 Å². The molecule has 0 radical (unpaired) electrons. The molecule has 0 amide bonds. The van der Waals surface area contributed by atoms with Gasteiger partial charge in [0.2, 0.25) is 0 Å². The maximum absolute atomic E-state index is 5.86. The molecule has 0 aromatic heterocycles. The van der Waals surface area contributed by atoms with E-state index in [1.807, 2.05) is 0 Å². The fourth-order valence-electron chi connectivity index (χ4n) is 1.26. The highest BCUT2D eigenvalue weighted by Gasteiger charge is 2.30. The predicted octanol–water partition coefficient (Wildman–Crippen LogP) is 3.00. The second kappa shape index (κ2) is 3.36. The first-order valence-electron chi connectivity index (χ1n) is 3.80. The van der Waals surface area contributed by atoms with Crippen LogP contribution in [0.15, 0.2) is 0 Å². The van der Waals surface area contributed by atoms with Crippen LogP contribution in [0, 0.1) is 11.3 Å². The number of thioether (sulfide) groups is 1. The molecule has 1 rings (SSSR count). The van der Waals surface area contributed by atoms with Gasteiger partial charge in [-0.15, -0.1) is 11.6 Å². The van der Waals surface area contributed by atoms with E-state index in [1.54, 1.807) is 0 Å². The minimum Gasteiger partial charge on any atom is -0.162 e. The summed E-state index contributed by atoms with van der Waals surface area (Å²) >= 11 is 7.93. The Balaban J connectivity index is 2.45. The zero-order valence-corrected chi connectivity index (χ0v) is 8.26. The summed E-state index contributed by atoms with van der Waals surface area (Å²) in [5.74, 6) is 4.32. The van der Waals surface area contributed by atoms with Crippen molar-refractivity contribution in [3.8, 4) is 0 Å². The van der Waals surface area contributed by atoms with Crippen molar-refractivity contribution in [2.24, 2.45) is 11.3 Å². The SMILES string of the molecule is CC(C)(CCl)C1CCSC1. The minimum atomic E-state index is 0.366. The van der Waals surface area contributed by atoms with Gasteiger partial charge in [-0.2, -0.15) is 11.8 Å². The highest BCUT2D eigenvalue weighted by atomic mass is 35.5. The molecule has 0 bridgehead atoms. The lowest BCUT2D eigenvalue weighted by Gasteiger charge is -2.28. The Bertz CT molecular complexity index is 106. The lowest BCUT2D eigenvalue weighted by molar-refractivity contribution is 0.274. The molecule has 0 aliphatic carbocycles. The lowest BCUT2D eigenvalue weighted by Crippen LogP contribution is -2.25. The van der Waals surface area contributed by atoms with Gasteiger partial charge in [0.25, 0.3) is 0 Å². The quantitative estimate of drug-likeness (QED) is 0.586. The van der Waals surface area contributed by atoms with Gasteiger partial charge in [-0.1, -0.05) is 13.8 Å². The first-order chi connectivity index (χ1) is 4.67. The summed E-state index contributed by atoms with van der Waals surface area (Å²) in [6, 6.07) is 0. The Morgan fingerprint density at radius 2 is 2.30 bits per heavy atom. The Labute approximate surface area is 72.7 Å². The van der Waals surface area contributed by atoms with Gasteiger partial charge in [-0.25, -0.2) is 0 Å². The van der Waals surface area contributed by atoms with Gasteiger partial charge in [0.15, 0.2) is 0 Å². The molecule has 10 heavy (non-hydrogen) atoms. The Morgan fingerprint density at radius 3 is 2.70 bits per heavy atom. The third-order valence-corrected chi connectivity index (χ3v) is 4.23. The topological polar surface area (TPSA) is 0 Å². The van der Waals surface area contributed by atoms with Gasteiger partial charge in [0.1, 0.15) is 0 Å². The molecule has 1 heterocycles. The van der Waals surface area contributed by atoms with E-state index in [2.05, 4.69) is 25.6 Å². The second-order valence-electron chi connectivity index (χ2n) is 3.68. The molecular weight excluding hydrogens is 164 g/mol. The largest absolute Gasteiger partial charge is 0.162 e. The first-order valence-corrected chi connectivity index (χ1v) is 5.49. The van der Waals surface area contributed by atoms with E-state index in [4.69, 9.17) is 11.6 Å². The van der Waals surface area contributed by atoms with E-state index in [0.717, 1.165) is 11.8 Å². The molecule has 1 saturated heterocycles. The molecule has 1 unspecified atom stereocenters. The van der Waals surface area contributed by atoms with Crippen LogP contribution in [0.2, 0.25) is 0 Å². The van der Waals surface area contributed by atoms with E-state index in [9.17, 15) is 0 Å². The fraction of sp³-hybridized carbons (Fsp3) is 1.00. The molecule has 0 spiro atoms. The average molecular weight is 179 g/mol. The van der Waals surface area contributed by atoms with Crippen molar-refractivity contribution in [1.82, 2.24) is 0 Å². The number of rotatable bonds is 2. The van der Waals surface area contributed by atoms with E-state index in [-0.39, 0.29) is 0 Å². The summed E-state index contributed by atoms with van der Waals surface area (Å²) < 4.78 is 0. The average Bonchev–Trinajstić information content (AvgIpc) is 2.38. The van der Waals surface area contributed by atoms with Gasteiger partial charge in [-0.05, 0) is 29.3 Å². The van der Waals surface area contributed by atoms with Crippen LogP contribution in [0.5, 0.6) is 0 Å². The van der Waals surface area contributed by atoms with Crippen molar-refractivity contribution in [3.05, 3.63) is 0 Å². The monoisotopic (exact) mass is 178 g/mol. The molecule has 1 aliphatic rings. The molecule has 0 aromatic carbocycles. The molecule has 1 fully saturated rings. The fourth-order valence-corrected chi connectivity index (χ4v) is 3.00. The van der Waals surface area contributed by atoms with Crippen molar-refractivity contribution in [2.45, 2.75) is 20.3 Å². The van der Waals surface area contributed by atoms with Gasteiger partial charge in [-0.3, -0.25) is 0 Å². The van der Waals surface area contributed by atoms with Crippen LogP contribution in [0.4, 0.5) is 0 Å². The molecular formula is C8H15ClS. The summed E-state index contributed by atoms with van der Waals surface area (Å²) in [7, 11) is 0. The highest BCUT2D eigenvalue weighted by molar-refractivity contribution is 7.99. The molecule has 0 saturated carbocycles. The Kier molecular flexibility index (Phi) is 2.93. The number of hydrogen-bond donors (Lipinski definition) is 0. The van der Waals surface area contributed by atoms with Crippen LogP contribution in [-0.4, -0.2) is 17.4 Å². The summed E-state index contributed by atoms with van der Waals surface area (Å²) in [6.45, 7) is 4.55. The maximum Gasteiger partial charge on any atom is 0.0277 e. The first kappa shape index (κ1) is 8.73. The minimum absolute atomic E-state index is 0.366. The van der Waals surface area contributed by atoms with Gasteiger partial charge in [0.05, 0.1) is 0 Å². The molecule has 1 atom stereocenters. The van der Waals surface area contributed by atoms with Gasteiger partial charge < -0.3 is 0 Å². The summed E-state index contributed by atoms with van der Waals surface area (Å²) in [5.41, 5.74) is 0.366. The Hall–Kier alpha value is 0.640. The van der Waals surface area contributed by atoms with Crippen LogP contribution >= 0.6 is 23.4 Å². The maximum atomic E-state index is 5.86. The van der Waals surface area contributed by atoms with Gasteiger partial charge in [0, 0.05) is 5.88 Å². The van der Waals surface area contributed by atoms with E-state index < -0.39 is 0 Å². The van der Waals surface area contributed by atoms with E-state index in [0.29, 0.717) is 5.41 Å². The summed E-state index contributed by atoms with van der Waals surface area (Å²) in [4.78, 5) is 0. The highest BCUT2D eigenvalue weighted by Crippen LogP contribution is 2.38. The predicted molar refractivity (Wildman–Crippen MR) is 49.9 cm³/mol. The zero-order valence-electron chi connectivity index (χ0n) is 6.69. The molecule has 1 aliphatic heterocycles. The lowest BCUT2D eigenvalue weighted by atomic mass is 9.80. The van der Waals surface area contributed by atoms with Crippen LogP contribution in [-0.2, 0) is 0 Å². The third-order valence-electron chi connectivity index (χ3n) is 2.38. The second-order valence-corrected chi connectivity index (χ2v) is 5.10. The molecule has 0 nitrogen and oxygen atoms in total. The van der Waals surface area contributed by atoms with Crippen LogP contribution in [0.1, 0.15) is 20.3 Å². The number of hydrogen-bond acceptors (Lipinski definition) is 1. The standard InChI is InChI=1S/C8H15ClS/c1-8(2,6-9)7-3-4-10-5-7/h7H,3-6H2,1-2H3. The van der Waals surface area contributed by atoms with Crippen LogP contribution in [0.25, 0.3) is 0 Å². The van der Waals surface area contributed by atoms with Gasteiger partial charge >= 0.3 is 0 Å². The van der Waals surface area contributed by atoms with Crippen molar-refractivity contribution >= 4 is 23.4 Å². The zero-order chi connectivity index (χ0) is 7.61. The summed E-state index contributed by atoms with van der Waals surface area (Å²) in [6.07, 6.45) is 1.37. The van der Waals surface area contributed by atoms with Crippen LogP contribution < -0.4 is 0 Å². The van der Waals surface area contributed by atoms with E-state index in [1.165, 1.54) is 17.9 Å². The molecule has 60 valence electrons. The third kappa shape index (κ3) is 1.82. The normalized spacial score (nSPS) is 27.3. The van der Waals surface area contributed by atoms with Crippen molar-refractivity contribution in [1.29, 1.82) is 0 Å². The van der Waals surface area contributed by atoms with Crippen LogP contribution in [0.3, 0.4) is 0 Å². The number of halogens is 1.